The SMILES string of the molecule is O=C(NCC(O)c1ccc(F)cc1)C1Cc2cccc(F)c2O1. The summed E-state index contributed by atoms with van der Waals surface area (Å²) in [5, 5.41) is 12.5. The molecule has 1 aliphatic rings. The zero-order valence-corrected chi connectivity index (χ0v) is 12.1. The summed E-state index contributed by atoms with van der Waals surface area (Å²) in [5.41, 5.74) is 1.14. The molecule has 1 heterocycles. The molecule has 2 atom stereocenters. The Hall–Kier alpha value is -2.47. The number of rotatable bonds is 4. The molecule has 120 valence electrons. The number of halogens is 2. The van der Waals surface area contributed by atoms with Crippen molar-refractivity contribution in [2.45, 2.75) is 18.6 Å². The summed E-state index contributed by atoms with van der Waals surface area (Å²) in [6, 6.07) is 9.92. The van der Waals surface area contributed by atoms with Crippen LogP contribution in [0.15, 0.2) is 42.5 Å². The van der Waals surface area contributed by atoms with Gasteiger partial charge in [0.15, 0.2) is 17.7 Å². The highest BCUT2D eigenvalue weighted by atomic mass is 19.1. The van der Waals surface area contributed by atoms with Crippen molar-refractivity contribution < 1.29 is 23.4 Å². The van der Waals surface area contributed by atoms with Crippen molar-refractivity contribution in [3.63, 3.8) is 0 Å². The molecule has 1 amide bonds. The summed E-state index contributed by atoms with van der Waals surface area (Å²) in [4.78, 5) is 12.1. The molecule has 3 rings (SSSR count). The Morgan fingerprint density at radius 3 is 2.70 bits per heavy atom. The molecular weight excluding hydrogens is 304 g/mol. The first-order chi connectivity index (χ1) is 11.0. The van der Waals surface area contributed by atoms with Gasteiger partial charge in [0.2, 0.25) is 0 Å². The minimum absolute atomic E-state index is 0.0385. The van der Waals surface area contributed by atoms with Crippen LogP contribution in [0.25, 0.3) is 0 Å². The monoisotopic (exact) mass is 319 g/mol. The lowest BCUT2D eigenvalue weighted by atomic mass is 10.1. The predicted molar refractivity (Wildman–Crippen MR) is 78.9 cm³/mol. The Bertz CT molecular complexity index is 718. The highest BCUT2D eigenvalue weighted by molar-refractivity contribution is 5.82. The minimum Gasteiger partial charge on any atom is -0.477 e. The minimum atomic E-state index is -0.958. The van der Waals surface area contributed by atoms with E-state index in [0.29, 0.717) is 11.1 Å². The van der Waals surface area contributed by atoms with Crippen LogP contribution in [0.5, 0.6) is 5.75 Å². The Balaban J connectivity index is 1.56. The molecule has 2 N–H and O–H groups in total. The molecule has 2 aromatic carbocycles. The summed E-state index contributed by atoms with van der Waals surface area (Å²) >= 11 is 0. The maximum Gasteiger partial charge on any atom is 0.261 e. The van der Waals surface area contributed by atoms with Crippen molar-refractivity contribution in [2.75, 3.05) is 6.54 Å². The van der Waals surface area contributed by atoms with E-state index in [0.717, 1.165) is 0 Å². The molecule has 0 saturated heterocycles. The van der Waals surface area contributed by atoms with E-state index >= 15 is 0 Å². The highest BCUT2D eigenvalue weighted by Gasteiger charge is 2.31. The van der Waals surface area contributed by atoms with Crippen molar-refractivity contribution >= 4 is 5.91 Å². The fraction of sp³-hybridized carbons (Fsp3) is 0.235. The lowest BCUT2D eigenvalue weighted by molar-refractivity contribution is -0.127. The second-order valence-electron chi connectivity index (χ2n) is 5.35. The van der Waals surface area contributed by atoms with E-state index in [4.69, 9.17) is 4.74 Å². The molecule has 2 aromatic rings. The number of benzene rings is 2. The molecule has 0 saturated carbocycles. The van der Waals surface area contributed by atoms with Gasteiger partial charge in [-0.15, -0.1) is 0 Å². The van der Waals surface area contributed by atoms with Crippen LogP contribution in [0.1, 0.15) is 17.2 Å². The third kappa shape index (κ3) is 3.32. The summed E-state index contributed by atoms with van der Waals surface area (Å²) in [5.74, 6) is -1.22. The smallest absolute Gasteiger partial charge is 0.261 e. The van der Waals surface area contributed by atoms with Gasteiger partial charge in [0.1, 0.15) is 5.82 Å². The number of para-hydroxylation sites is 1. The molecule has 1 aliphatic heterocycles. The number of nitrogens with one attached hydrogen (secondary N) is 1. The van der Waals surface area contributed by atoms with E-state index in [2.05, 4.69) is 5.32 Å². The van der Waals surface area contributed by atoms with E-state index in [1.165, 1.54) is 30.3 Å². The predicted octanol–water partition coefficient (Wildman–Crippen LogP) is 2.12. The van der Waals surface area contributed by atoms with E-state index < -0.39 is 29.7 Å². The molecule has 0 radical (unpaired) electrons. The largest absolute Gasteiger partial charge is 0.477 e. The third-order valence-corrected chi connectivity index (χ3v) is 3.73. The highest BCUT2D eigenvalue weighted by Crippen LogP contribution is 2.31. The Morgan fingerprint density at radius 1 is 1.26 bits per heavy atom. The molecule has 0 aliphatic carbocycles. The summed E-state index contributed by atoms with van der Waals surface area (Å²) in [6.45, 7) is -0.0385. The second-order valence-corrected chi connectivity index (χ2v) is 5.35. The molecule has 0 bridgehead atoms. The van der Waals surface area contributed by atoms with Gasteiger partial charge in [-0.25, -0.2) is 8.78 Å². The lowest BCUT2D eigenvalue weighted by Gasteiger charge is -2.15. The molecule has 0 aromatic heterocycles. The quantitative estimate of drug-likeness (QED) is 0.907. The fourth-order valence-electron chi connectivity index (χ4n) is 2.49. The number of aliphatic hydroxyl groups excluding tert-OH is 1. The zero-order chi connectivity index (χ0) is 16.4. The van der Waals surface area contributed by atoms with Crippen LogP contribution in [0, 0.1) is 11.6 Å². The number of hydrogen-bond acceptors (Lipinski definition) is 3. The van der Waals surface area contributed by atoms with Gasteiger partial charge in [-0.1, -0.05) is 24.3 Å². The summed E-state index contributed by atoms with van der Waals surface area (Å²) in [6.07, 6.45) is -1.49. The van der Waals surface area contributed by atoms with Gasteiger partial charge in [0.25, 0.3) is 5.91 Å². The second kappa shape index (κ2) is 6.34. The standard InChI is InChI=1S/C17H15F2NO3/c18-12-6-4-10(5-7-12)14(21)9-20-17(22)15-8-11-2-1-3-13(19)16(11)23-15/h1-7,14-15,21H,8-9H2,(H,20,22). The van der Waals surface area contributed by atoms with Crippen molar-refractivity contribution in [1.29, 1.82) is 0 Å². The molecule has 4 nitrogen and oxygen atoms in total. The van der Waals surface area contributed by atoms with Crippen LogP contribution >= 0.6 is 0 Å². The molecule has 0 fully saturated rings. The number of ether oxygens (including phenoxy) is 1. The first kappa shape index (κ1) is 15.4. The average molecular weight is 319 g/mol. The number of hydrogen-bond donors (Lipinski definition) is 2. The van der Waals surface area contributed by atoms with Crippen LogP contribution in [-0.2, 0) is 11.2 Å². The first-order valence-electron chi connectivity index (χ1n) is 7.20. The molecule has 0 spiro atoms. The van der Waals surface area contributed by atoms with Crippen molar-refractivity contribution in [1.82, 2.24) is 5.32 Å². The van der Waals surface area contributed by atoms with Gasteiger partial charge >= 0.3 is 0 Å². The summed E-state index contributed by atoms with van der Waals surface area (Å²) < 4.78 is 31.7. The molecule has 23 heavy (non-hydrogen) atoms. The fourth-order valence-corrected chi connectivity index (χ4v) is 2.49. The number of carbonyl (C=O) groups is 1. The number of aliphatic hydroxyl groups is 1. The molecular formula is C17H15F2NO3. The van der Waals surface area contributed by atoms with Crippen molar-refractivity contribution in [2.24, 2.45) is 0 Å². The maximum absolute atomic E-state index is 13.6. The van der Waals surface area contributed by atoms with E-state index in [-0.39, 0.29) is 18.7 Å². The van der Waals surface area contributed by atoms with Crippen LogP contribution in [0.4, 0.5) is 8.78 Å². The van der Waals surface area contributed by atoms with Crippen LogP contribution in [-0.4, -0.2) is 23.7 Å². The van der Waals surface area contributed by atoms with Crippen LogP contribution in [0.2, 0.25) is 0 Å². The molecule has 2 unspecified atom stereocenters. The van der Waals surface area contributed by atoms with Gasteiger partial charge < -0.3 is 15.2 Å². The van der Waals surface area contributed by atoms with E-state index in [1.807, 2.05) is 0 Å². The third-order valence-electron chi connectivity index (χ3n) is 3.73. The molecule has 6 heteroatoms. The van der Waals surface area contributed by atoms with E-state index in [1.54, 1.807) is 12.1 Å². The van der Waals surface area contributed by atoms with Gasteiger partial charge in [-0.3, -0.25) is 4.79 Å². The Labute approximate surface area is 131 Å². The maximum atomic E-state index is 13.6. The number of fused-ring (bicyclic) bond motifs is 1. The summed E-state index contributed by atoms with van der Waals surface area (Å²) in [7, 11) is 0. The Morgan fingerprint density at radius 2 is 2.00 bits per heavy atom. The normalized spacial score (nSPS) is 17.3. The Kier molecular flexibility index (Phi) is 4.25. The van der Waals surface area contributed by atoms with Gasteiger partial charge in [0, 0.05) is 18.5 Å². The first-order valence-corrected chi connectivity index (χ1v) is 7.20. The van der Waals surface area contributed by atoms with Gasteiger partial charge in [-0.05, 0) is 23.8 Å². The lowest BCUT2D eigenvalue weighted by Crippen LogP contribution is -2.39. The van der Waals surface area contributed by atoms with Crippen LogP contribution < -0.4 is 10.1 Å². The van der Waals surface area contributed by atoms with Crippen molar-refractivity contribution in [3.05, 3.63) is 65.2 Å². The van der Waals surface area contributed by atoms with Gasteiger partial charge in [0.05, 0.1) is 6.10 Å². The average Bonchev–Trinajstić information content (AvgIpc) is 2.99. The van der Waals surface area contributed by atoms with Gasteiger partial charge in [-0.2, -0.15) is 0 Å². The van der Waals surface area contributed by atoms with E-state index in [9.17, 15) is 18.7 Å². The van der Waals surface area contributed by atoms with Crippen molar-refractivity contribution in [3.8, 4) is 5.75 Å². The topological polar surface area (TPSA) is 58.6 Å². The number of carbonyl (C=O) groups excluding carboxylic acids is 1. The number of amides is 1. The zero-order valence-electron chi connectivity index (χ0n) is 12.1. The van der Waals surface area contributed by atoms with Crippen LogP contribution in [0.3, 0.4) is 0 Å².